The quantitative estimate of drug-likeness (QED) is 0.157. The van der Waals surface area contributed by atoms with Crippen LogP contribution in [0.25, 0.3) is 88.0 Å². The molecule has 1 spiro atoms. The lowest BCUT2D eigenvalue weighted by molar-refractivity contribution is -0.0398. The third-order valence-electron chi connectivity index (χ3n) is 16.8. The second-order valence-electron chi connectivity index (χ2n) is 20.0. The summed E-state index contributed by atoms with van der Waals surface area (Å²) in [4.78, 5) is 0. The molecular formula is C61H48. The molecule has 0 heteroatoms. The maximum atomic E-state index is 2.64. The van der Waals surface area contributed by atoms with E-state index in [0.29, 0.717) is 0 Å². The maximum absolute atomic E-state index is 2.64. The second-order valence-corrected chi connectivity index (χ2v) is 20.0. The summed E-state index contributed by atoms with van der Waals surface area (Å²) in [6.07, 6.45) is 7.02. The minimum absolute atomic E-state index is 0.0976. The van der Waals surface area contributed by atoms with Gasteiger partial charge in [-0.05, 0) is 190 Å². The molecule has 9 aromatic carbocycles. The van der Waals surface area contributed by atoms with Crippen LogP contribution < -0.4 is 0 Å². The lowest BCUT2D eigenvalue weighted by Crippen LogP contribution is -2.55. The fraction of sp³-hybridized carbons (Fsp3) is 0.213. The Morgan fingerprint density at radius 3 is 1.52 bits per heavy atom. The zero-order chi connectivity index (χ0) is 40.2. The second kappa shape index (κ2) is 12.2. The zero-order valence-corrected chi connectivity index (χ0v) is 35.0. The van der Waals surface area contributed by atoms with Gasteiger partial charge in [0.15, 0.2) is 0 Å². The molecule has 61 heavy (non-hydrogen) atoms. The van der Waals surface area contributed by atoms with Crippen LogP contribution in [-0.2, 0) is 10.8 Å². The highest BCUT2D eigenvalue weighted by atomic mass is 14.6. The third-order valence-corrected chi connectivity index (χ3v) is 16.8. The van der Waals surface area contributed by atoms with Gasteiger partial charge >= 0.3 is 0 Å². The highest BCUT2D eigenvalue weighted by molar-refractivity contribution is 6.23. The fourth-order valence-corrected chi connectivity index (χ4v) is 14.6. The molecule has 6 aliphatic rings. The van der Waals surface area contributed by atoms with Crippen molar-refractivity contribution in [2.45, 2.75) is 56.8 Å². The molecule has 0 amide bonds. The Bertz CT molecular complexity index is 3260. The molecule has 6 aliphatic carbocycles. The number of benzene rings is 9. The van der Waals surface area contributed by atoms with Crippen LogP contribution in [0.5, 0.6) is 0 Å². The summed E-state index contributed by atoms with van der Waals surface area (Å²) in [6, 6.07) is 65.7. The highest BCUT2D eigenvalue weighted by Gasteiger charge is 2.62. The van der Waals surface area contributed by atoms with E-state index < -0.39 is 0 Å². The summed E-state index contributed by atoms with van der Waals surface area (Å²) < 4.78 is 0. The summed E-state index contributed by atoms with van der Waals surface area (Å²) in [6.45, 7) is 4.84. The molecule has 0 nitrogen and oxygen atoms in total. The van der Waals surface area contributed by atoms with Gasteiger partial charge in [0.25, 0.3) is 0 Å². The largest absolute Gasteiger partial charge is 0.0622 e. The van der Waals surface area contributed by atoms with E-state index in [1.807, 2.05) is 0 Å². The van der Waals surface area contributed by atoms with Crippen LogP contribution in [0.4, 0.5) is 0 Å². The van der Waals surface area contributed by atoms with E-state index in [4.69, 9.17) is 0 Å². The zero-order valence-electron chi connectivity index (χ0n) is 35.0. The molecule has 0 aromatic heterocycles. The van der Waals surface area contributed by atoms with E-state index in [9.17, 15) is 0 Å². The molecule has 4 fully saturated rings. The molecule has 0 N–H and O–H groups in total. The summed E-state index contributed by atoms with van der Waals surface area (Å²) >= 11 is 0. The molecule has 0 saturated heterocycles. The molecule has 4 bridgehead atoms. The molecule has 0 unspecified atom stereocenters. The van der Waals surface area contributed by atoms with Gasteiger partial charge in [-0.25, -0.2) is 0 Å². The van der Waals surface area contributed by atoms with Crippen molar-refractivity contribution in [3.63, 3.8) is 0 Å². The van der Waals surface area contributed by atoms with Crippen molar-refractivity contribution in [2.24, 2.45) is 23.7 Å². The Kier molecular flexibility index (Phi) is 6.89. The Hall–Kier alpha value is -6.24. The van der Waals surface area contributed by atoms with Gasteiger partial charge < -0.3 is 0 Å². The summed E-state index contributed by atoms with van der Waals surface area (Å²) in [5, 5.41) is 8.08. The molecule has 0 heterocycles. The van der Waals surface area contributed by atoms with E-state index in [1.165, 1.54) is 131 Å². The van der Waals surface area contributed by atoms with Crippen LogP contribution in [0.15, 0.2) is 170 Å². The van der Waals surface area contributed by atoms with Crippen LogP contribution in [0.1, 0.15) is 68.2 Å². The number of hydrogen-bond acceptors (Lipinski definition) is 0. The minimum atomic E-state index is -0.132. The van der Waals surface area contributed by atoms with E-state index in [1.54, 1.807) is 11.1 Å². The van der Waals surface area contributed by atoms with Crippen molar-refractivity contribution in [2.75, 3.05) is 0 Å². The minimum Gasteiger partial charge on any atom is -0.0622 e. The normalized spacial score (nSPS) is 23.4. The molecule has 0 radical (unpaired) electrons. The van der Waals surface area contributed by atoms with Crippen molar-refractivity contribution < 1.29 is 0 Å². The Morgan fingerprint density at radius 2 is 0.885 bits per heavy atom. The summed E-state index contributed by atoms with van der Waals surface area (Å²) in [7, 11) is 0. The molecule has 0 aliphatic heterocycles. The standard InChI is InChI=1S/C61H48/c1-60(2)54-33-41(38-13-4-3-5-14-38)23-25-45(54)46-26-24-42(35-55(46)60)57-47-17-8-10-19-49(47)58(50-20-11-9-18-48(50)57)51-21-12-22-53-59(51)52-32-39-15-6-7-16-40(39)34-56(52)61(53)43-28-36-27-37(30-43)31-44(61)29-36/h3-26,32-37,43-44H,27-31H2,1-2H3. The third kappa shape index (κ3) is 4.51. The first kappa shape index (κ1) is 34.5. The summed E-state index contributed by atoms with van der Waals surface area (Å²) in [5.74, 6) is 3.26. The maximum Gasteiger partial charge on any atom is 0.0272 e. The van der Waals surface area contributed by atoms with Crippen molar-refractivity contribution >= 4 is 32.3 Å². The van der Waals surface area contributed by atoms with Crippen LogP contribution in [-0.4, -0.2) is 0 Å². The molecule has 9 aromatic rings. The smallest absolute Gasteiger partial charge is 0.0272 e. The first-order valence-corrected chi connectivity index (χ1v) is 22.9. The van der Waals surface area contributed by atoms with Crippen molar-refractivity contribution in [3.05, 3.63) is 192 Å². The van der Waals surface area contributed by atoms with Crippen molar-refractivity contribution in [3.8, 4) is 55.6 Å². The van der Waals surface area contributed by atoms with E-state index in [0.717, 1.165) is 23.7 Å². The van der Waals surface area contributed by atoms with Gasteiger partial charge in [0.2, 0.25) is 0 Å². The summed E-state index contributed by atoms with van der Waals surface area (Å²) in [5.41, 5.74) is 19.7. The molecule has 4 saturated carbocycles. The van der Waals surface area contributed by atoms with Crippen LogP contribution >= 0.6 is 0 Å². The van der Waals surface area contributed by atoms with E-state index in [2.05, 4.69) is 184 Å². The lowest BCUT2D eigenvalue weighted by atomic mass is 9.43. The molecular weight excluding hydrogens is 733 g/mol. The first-order valence-electron chi connectivity index (χ1n) is 22.9. The molecule has 292 valence electrons. The van der Waals surface area contributed by atoms with Gasteiger partial charge in [0.05, 0.1) is 0 Å². The van der Waals surface area contributed by atoms with Crippen molar-refractivity contribution in [1.29, 1.82) is 0 Å². The molecule has 0 atom stereocenters. The average molecular weight is 781 g/mol. The van der Waals surface area contributed by atoms with Gasteiger partial charge in [-0.15, -0.1) is 0 Å². The Labute approximate surface area is 358 Å². The number of rotatable bonds is 3. The predicted octanol–water partition coefficient (Wildman–Crippen LogP) is 16.2. The fourth-order valence-electron chi connectivity index (χ4n) is 14.6. The topological polar surface area (TPSA) is 0 Å². The van der Waals surface area contributed by atoms with Crippen LogP contribution in [0.2, 0.25) is 0 Å². The number of hydrogen-bond donors (Lipinski definition) is 0. The lowest BCUT2D eigenvalue weighted by Gasteiger charge is -2.61. The predicted molar refractivity (Wildman–Crippen MR) is 256 cm³/mol. The SMILES string of the molecule is CC1(C)c2cc(-c3ccccc3)ccc2-c2ccc(-c3c4ccccc4c(-c4cccc5c4-c4cc6ccccc6cc4C54C5CC6CC(C5)CC4C6)c4ccccc34)cc21. The Balaban J connectivity index is 1.000. The first-order chi connectivity index (χ1) is 30.0. The molecule has 15 rings (SSSR count). The van der Waals surface area contributed by atoms with Gasteiger partial charge in [-0.1, -0.05) is 159 Å². The van der Waals surface area contributed by atoms with Gasteiger partial charge in [-0.3, -0.25) is 0 Å². The van der Waals surface area contributed by atoms with Gasteiger partial charge in [-0.2, -0.15) is 0 Å². The van der Waals surface area contributed by atoms with Crippen LogP contribution in [0.3, 0.4) is 0 Å². The number of fused-ring (bicyclic) bond motifs is 9. The highest BCUT2D eigenvalue weighted by Crippen LogP contribution is 2.70. The van der Waals surface area contributed by atoms with Gasteiger partial charge in [0.1, 0.15) is 0 Å². The van der Waals surface area contributed by atoms with Crippen LogP contribution in [0, 0.1) is 23.7 Å². The van der Waals surface area contributed by atoms with E-state index >= 15 is 0 Å². The van der Waals surface area contributed by atoms with Crippen molar-refractivity contribution in [1.82, 2.24) is 0 Å². The van der Waals surface area contributed by atoms with Gasteiger partial charge in [0, 0.05) is 10.8 Å². The monoisotopic (exact) mass is 780 g/mol. The Morgan fingerprint density at radius 1 is 0.344 bits per heavy atom. The van der Waals surface area contributed by atoms with E-state index in [-0.39, 0.29) is 10.8 Å². The average Bonchev–Trinajstić information content (AvgIpc) is 3.70.